The number of aliphatic hydroxyl groups excluding tert-OH is 1. The molecule has 0 heterocycles. The highest BCUT2D eigenvalue weighted by molar-refractivity contribution is 5.44. The van der Waals surface area contributed by atoms with E-state index in [1.807, 2.05) is 7.11 Å². The Morgan fingerprint density at radius 1 is 1.43 bits per heavy atom. The molecule has 1 N–H and O–H groups in total. The van der Waals surface area contributed by atoms with E-state index in [0.29, 0.717) is 11.8 Å². The van der Waals surface area contributed by atoms with E-state index in [2.05, 4.69) is 12.2 Å². The van der Waals surface area contributed by atoms with Crippen LogP contribution in [-0.4, -0.2) is 23.9 Å². The average Bonchev–Trinajstić information content (AvgIpc) is 2.42. The van der Waals surface area contributed by atoms with Crippen LogP contribution in [-0.2, 0) is 4.74 Å². The number of hydrogen-bond donors (Lipinski definition) is 1. The second-order valence-electron chi connectivity index (χ2n) is 5.48. The van der Waals surface area contributed by atoms with E-state index in [9.17, 15) is 5.11 Å². The number of ether oxygens (including phenoxy) is 1. The predicted octanol–water partition coefficient (Wildman–Crippen LogP) is 1.35. The SMILES string of the molecule is CO[C@]12[C@@H]3C=C[C@]14CC[C@@H](O)[C@@H]4C[C@@H]32. The highest BCUT2D eigenvalue weighted by Crippen LogP contribution is 2.81. The van der Waals surface area contributed by atoms with E-state index in [4.69, 9.17) is 4.74 Å². The van der Waals surface area contributed by atoms with Crippen LogP contribution in [0, 0.1) is 23.2 Å². The summed E-state index contributed by atoms with van der Waals surface area (Å²) in [4.78, 5) is 0. The summed E-state index contributed by atoms with van der Waals surface area (Å²) in [5, 5.41) is 9.97. The van der Waals surface area contributed by atoms with Gasteiger partial charge in [0.15, 0.2) is 0 Å². The standard InChI is InChI=1S/C12H16O2/c1-14-12-7-2-4-11(12)5-3-10(13)9(11)6-8(7)12/h2,4,7-10,13H,3,5-6H2,1H3/t7-,8+,9+,10-,11-,12+/m1/s1. The molecule has 4 aliphatic rings. The van der Waals surface area contributed by atoms with Crippen molar-refractivity contribution in [3.05, 3.63) is 12.2 Å². The Morgan fingerprint density at radius 2 is 2.29 bits per heavy atom. The molecule has 14 heavy (non-hydrogen) atoms. The van der Waals surface area contributed by atoms with Gasteiger partial charge in [0.25, 0.3) is 0 Å². The maximum atomic E-state index is 9.97. The van der Waals surface area contributed by atoms with Crippen molar-refractivity contribution in [2.75, 3.05) is 7.11 Å². The minimum absolute atomic E-state index is 0.0711. The van der Waals surface area contributed by atoms with Gasteiger partial charge in [-0.3, -0.25) is 0 Å². The zero-order valence-electron chi connectivity index (χ0n) is 8.44. The van der Waals surface area contributed by atoms with E-state index in [-0.39, 0.29) is 17.1 Å². The number of fused-ring (bicyclic) bond motifs is 1. The van der Waals surface area contributed by atoms with Gasteiger partial charge in [-0.25, -0.2) is 0 Å². The Hall–Kier alpha value is -0.340. The molecule has 2 nitrogen and oxygen atoms in total. The summed E-state index contributed by atoms with van der Waals surface area (Å²) in [5.74, 6) is 1.88. The summed E-state index contributed by atoms with van der Waals surface area (Å²) >= 11 is 0. The lowest BCUT2D eigenvalue weighted by molar-refractivity contribution is -0.0227. The van der Waals surface area contributed by atoms with Crippen LogP contribution >= 0.6 is 0 Å². The molecule has 0 aromatic carbocycles. The molecule has 0 radical (unpaired) electrons. The van der Waals surface area contributed by atoms with Crippen LogP contribution in [0.2, 0.25) is 0 Å². The van der Waals surface area contributed by atoms with Gasteiger partial charge in [-0.1, -0.05) is 12.2 Å². The minimum Gasteiger partial charge on any atom is -0.393 e. The summed E-state index contributed by atoms with van der Waals surface area (Å²) < 4.78 is 5.84. The first-order chi connectivity index (χ1) is 6.76. The molecule has 0 saturated heterocycles. The Balaban J connectivity index is 1.88. The molecule has 2 heteroatoms. The summed E-state index contributed by atoms with van der Waals surface area (Å²) in [6, 6.07) is 0. The van der Waals surface area contributed by atoms with Gasteiger partial charge >= 0.3 is 0 Å². The van der Waals surface area contributed by atoms with Crippen molar-refractivity contribution in [2.45, 2.75) is 31.0 Å². The highest BCUT2D eigenvalue weighted by atomic mass is 16.5. The van der Waals surface area contributed by atoms with Gasteiger partial charge in [-0.2, -0.15) is 0 Å². The molecule has 0 bridgehead atoms. The average molecular weight is 192 g/mol. The molecule has 76 valence electrons. The third kappa shape index (κ3) is 0.496. The van der Waals surface area contributed by atoms with Crippen molar-refractivity contribution >= 4 is 0 Å². The smallest absolute Gasteiger partial charge is 0.0873 e. The van der Waals surface area contributed by atoms with Gasteiger partial charge in [-0.05, 0) is 31.1 Å². The molecule has 4 aliphatic carbocycles. The first-order valence-corrected chi connectivity index (χ1v) is 5.69. The zero-order chi connectivity index (χ0) is 9.55. The van der Waals surface area contributed by atoms with Gasteiger partial charge in [0, 0.05) is 18.4 Å². The first-order valence-electron chi connectivity index (χ1n) is 5.69. The van der Waals surface area contributed by atoms with E-state index in [0.717, 1.165) is 18.8 Å². The van der Waals surface area contributed by atoms with Gasteiger partial charge in [0.1, 0.15) is 0 Å². The van der Waals surface area contributed by atoms with Crippen molar-refractivity contribution < 1.29 is 9.84 Å². The van der Waals surface area contributed by atoms with E-state index in [1.165, 1.54) is 6.42 Å². The predicted molar refractivity (Wildman–Crippen MR) is 51.6 cm³/mol. The molecule has 6 atom stereocenters. The monoisotopic (exact) mass is 192 g/mol. The molecule has 0 aromatic rings. The summed E-state index contributed by atoms with van der Waals surface area (Å²) in [7, 11) is 1.86. The number of methoxy groups -OCH3 is 1. The lowest BCUT2D eigenvalue weighted by Crippen LogP contribution is -2.37. The van der Waals surface area contributed by atoms with Crippen molar-refractivity contribution in [2.24, 2.45) is 23.2 Å². The molecular weight excluding hydrogens is 176 g/mol. The first kappa shape index (κ1) is 7.89. The van der Waals surface area contributed by atoms with Crippen molar-refractivity contribution in [1.82, 2.24) is 0 Å². The highest BCUT2D eigenvalue weighted by Gasteiger charge is 2.83. The van der Waals surface area contributed by atoms with Crippen molar-refractivity contribution in [3.63, 3.8) is 0 Å². The second-order valence-corrected chi connectivity index (χ2v) is 5.48. The second kappa shape index (κ2) is 1.96. The largest absolute Gasteiger partial charge is 0.393 e. The Labute approximate surface area is 83.9 Å². The van der Waals surface area contributed by atoms with Gasteiger partial charge < -0.3 is 9.84 Å². The van der Waals surface area contributed by atoms with Crippen LogP contribution in [0.25, 0.3) is 0 Å². The fourth-order valence-electron chi connectivity index (χ4n) is 5.05. The Bertz CT molecular complexity index is 337. The molecular formula is C12H16O2. The van der Waals surface area contributed by atoms with Crippen LogP contribution in [0.5, 0.6) is 0 Å². The molecule has 4 rings (SSSR count). The third-order valence-electron chi connectivity index (χ3n) is 5.52. The lowest BCUT2D eigenvalue weighted by Gasteiger charge is -2.34. The van der Waals surface area contributed by atoms with Gasteiger partial charge in [-0.15, -0.1) is 0 Å². The lowest BCUT2D eigenvalue weighted by atomic mass is 9.76. The zero-order valence-corrected chi connectivity index (χ0v) is 8.44. The number of hydrogen-bond acceptors (Lipinski definition) is 2. The Kier molecular flexibility index (Phi) is 1.10. The summed E-state index contributed by atoms with van der Waals surface area (Å²) in [6.45, 7) is 0. The van der Waals surface area contributed by atoms with Crippen LogP contribution in [0.4, 0.5) is 0 Å². The van der Waals surface area contributed by atoms with Crippen LogP contribution in [0.15, 0.2) is 12.2 Å². The van der Waals surface area contributed by atoms with Crippen LogP contribution in [0.3, 0.4) is 0 Å². The number of rotatable bonds is 1. The van der Waals surface area contributed by atoms with Crippen molar-refractivity contribution in [1.29, 1.82) is 0 Å². The molecule has 3 fully saturated rings. The molecule has 1 spiro atoms. The Morgan fingerprint density at radius 3 is 3.07 bits per heavy atom. The van der Waals surface area contributed by atoms with E-state index in [1.54, 1.807) is 0 Å². The molecule has 0 aliphatic heterocycles. The summed E-state index contributed by atoms with van der Waals surface area (Å²) in [6.07, 6.45) is 7.94. The number of aliphatic hydroxyl groups is 1. The quantitative estimate of drug-likeness (QED) is 0.635. The topological polar surface area (TPSA) is 29.5 Å². The molecule has 0 unspecified atom stereocenters. The fraction of sp³-hybridized carbons (Fsp3) is 0.833. The maximum absolute atomic E-state index is 9.97. The fourth-order valence-corrected chi connectivity index (χ4v) is 5.05. The minimum atomic E-state index is -0.0711. The third-order valence-corrected chi connectivity index (χ3v) is 5.52. The van der Waals surface area contributed by atoms with Crippen LogP contribution in [0.1, 0.15) is 19.3 Å². The maximum Gasteiger partial charge on any atom is 0.0873 e. The summed E-state index contributed by atoms with van der Waals surface area (Å²) in [5.41, 5.74) is 0.339. The van der Waals surface area contributed by atoms with E-state index < -0.39 is 0 Å². The van der Waals surface area contributed by atoms with E-state index >= 15 is 0 Å². The van der Waals surface area contributed by atoms with Gasteiger partial charge in [0.05, 0.1) is 11.7 Å². The normalized spacial score (nSPS) is 67.0. The molecule has 3 saturated carbocycles. The molecule has 0 aromatic heterocycles. The van der Waals surface area contributed by atoms with Gasteiger partial charge in [0.2, 0.25) is 0 Å². The van der Waals surface area contributed by atoms with Crippen LogP contribution < -0.4 is 0 Å². The van der Waals surface area contributed by atoms with Crippen molar-refractivity contribution in [3.8, 4) is 0 Å². The molecule has 0 amide bonds.